The van der Waals surface area contributed by atoms with E-state index >= 15 is 0 Å². The van der Waals surface area contributed by atoms with Crippen LogP contribution in [0.2, 0.25) is 0 Å². The molecule has 10 heteroatoms. The van der Waals surface area contributed by atoms with Crippen molar-refractivity contribution in [2.45, 2.75) is 58.0 Å². The molecule has 1 N–H and O–H groups in total. The van der Waals surface area contributed by atoms with E-state index in [1.165, 1.54) is 18.6 Å². The van der Waals surface area contributed by atoms with Crippen molar-refractivity contribution in [3.8, 4) is 6.07 Å². The first-order valence-corrected chi connectivity index (χ1v) is 13.0. The van der Waals surface area contributed by atoms with Gasteiger partial charge in [-0.2, -0.15) is 28.4 Å². The van der Waals surface area contributed by atoms with Gasteiger partial charge in [-0.3, -0.25) is 4.90 Å². The molecule has 1 aliphatic rings. The van der Waals surface area contributed by atoms with Crippen molar-refractivity contribution in [1.29, 1.82) is 5.26 Å². The predicted octanol–water partition coefficient (Wildman–Crippen LogP) is 6.00. The average molecular weight is 534 g/mol. The van der Waals surface area contributed by atoms with Crippen molar-refractivity contribution < 1.29 is 13.2 Å². The topological polar surface area (TPSA) is 82.7 Å². The molecule has 5 rings (SSSR count). The number of nitrogens with zero attached hydrogens (tertiary/aromatic N) is 6. The Morgan fingerprint density at radius 2 is 1.74 bits per heavy atom. The number of hydrogen-bond donors (Lipinski definition) is 1. The fourth-order valence-corrected chi connectivity index (χ4v) is 4.97. The maximum absolute atomic E-state index is 13.2. The van der Waals surface area contributed by atoms with Gasteiger partial charge in [-0.05, 0) is 56.0 Å². The second-order valence-electron chi connectivity index (χ2n) is 10.3. The van der Waals surface area contributed by atoms with Crippen LogP contribution in [0.1, 0.15) is 54.5 Å². The number of anilines is 1. The highest BCUT2D eigenvalue weighted by Crippen LogP contribution is 2.33. The van der Waals surface area contributed by atoms with Gasteiger partial charge in [0.25, 0.3) is 0 Å². The van der Waals surface area contributed by atoms with Crippen LogP contribution in [0.25, 0.3) is 11.2 Å². The van der Waals surface area contributed by atoms with Gasteiger partial charge in [-0.25, -0.2) is 4.98 Å². The van der Waals surface area contributed by atoms with E-state index < -0.39 is 11.7 Å². The zero-order valence-corrected chi connectivity index (χ0v) is 21.9. The highest BCUT2D eigenvalue weighted by atomic mass is 19.4. The first kappa shape index (κ1) is 26.6. The molecule has 2 aromatic heterocycles. The summed E-state index contributed by atoms with van der Waals surface area (Å²) in [4.78, 5) is 15.8. The maximum Gasteiger partial charge on any atom is 0.416 e. The number of imidazole rings is 1. The molecule has 0 amide bonds. The summed E-state index contributed by atoms with van der Waals surface area (Å²) in [6, 6.07) is 17.4. The molecule has 0 spiro atoms. The molecule has 202 valence electrons. The molecule has 0 aliphatic heterocycles. The first-order chi connectivity index (χ1) is 18.7. The summed E-state index contributed by atoms with van der Waals surface area (Å²) in [5.41, 5.74) is 2.18. The van der Waals surface area contributed by atoms with Gasteiger partial charge in [0, 0.05) is 19.1 Å². The fraction of sp³-hybridized carbons (Fsp3) is 0.379. The fourth-order valence-electron chi connectivity index (χ4n) is 4.97. The van der Waals surface area contributed by atoms with Crippen LogP contribution in [0.15, 0.2) is 54.6 Å². The minimum Gasteiger partial charge on any atom is -0.365 e. The van der Waals surface area contributed by atoms with E-state index in [-0.39, 0.29) is 18.4 Å². The molecular formula is C29H30F3N7. The second-order valence-corrected chi connectivity index (χ2v) is 10.3. The van der Waals surface area contributed by atoms with E-state index in [1.54, 1.807) is 0 Å². The number of alkyl halides is 3. The van der Waals surface area contributed by atoms with Gasteiger partial charge in [-0.15, -0.1) is 0 Å². The van der Waals surface area contributed by atoms with Crippen LogP contribution in [-0.2, 0) is 25.8 Å². The predicted molar refractivity (Wildman–Crippen MR) is 143 cm³/mol. The van der Waals surface area contributed by atoms with Crippen LogP contribution in [0.4, 0.5) is 19.0 Å². The van der Waals surface area contributed by atoms with Gasteiger partial charge >= 0.3 is 6.18 Å². The summed E-state index contributed by atoms with van der Waals surface area (Å²) in [6.07, 6.45) is -0.938. The molecule has 7 nitrogen and oxygen atoms in total. The molecule has 1 fully saturated rings. The minimum absolute atomic E-state index is 0.0224. The Morgan fingerprint density at radius 1 is 1.03 bits per heavy atom. The molecule has 1 unspecified atom stereocenters. The minimum atomic E-state index is -4.40. The Morgan fingerprint density at radius 3 is 2.36 bits per heavy atom. The van der Waals surface area contributed by atoms with E-state index in [0.29, 0.717) is 47.4 Å². The number of rotatable bonds is 9. The quantitative estimate of drug-likeness (QED) is 0.284. The van der Waals surface area contributed by atoms with Gasteiger partial charge in [0.05, 0.1) is 12.1 Å². The normalized spacial score (nSPS) is 14.8. The van der Waals surface area contributed by atoms with Crippen LogP contribution in [0.5, 0.6) is 0 Å². The summed E-state index contributed by atoms with van der Waals surface area (Å²) in [5.74, 6) is 1.75. The monoisotopic (exact) mass is 533 g/mol. The van der Waals surface area contributed by atoms with Crippen molar-refractivity contribution in [2.75, 3.05) is 12.4 Å². The smallest absolute Gasteiger partial charge is 0.365 e. The van der Waals surface area contributed by atoms with E-state index in [1.807, 2.05) is 35.9 Å². The SMILES string of the molecule is CC(Nc1nc(C#N)nc2nc(CN(C)Cc3ccccc3)n(Cc3ccc(C(F)(F)F)cc3)c12)C1CCC1. The molecule has 4 aromatic rings. The molecule has 1 aliphatic carbocycles. The Bertz CT molecular complexity index is 1470. The van der Waals surface area contributed by atoms with Crippen molar-refractivity contribution >= 4 is 17.0 Å². The molecule has 0 bridgehead atoms. The van der Waals surface area contributed by atoms with Gasteiger partial charge in [0.1, 0.15) is 17.4 Å². The summed E-state index contributed by atoms with van der Waals surface area (Å²) >= 11 is 0. The van der Waals surface area contributed by atoms with Gasteiger partial charge < -0.3 is 9.88 Å². The van der Waals surface area contributed by atoms with Crippen molar-refractivity contribution in [2.24, 2.45) is 5.92 Å². The highest BCUT2D eigenvalue weighted by Gasteiger charge is 2.30. The van der Waals surface area contributed by atoms with Crippen molar-refractivity contribution in [3.05, 3.63) is 82.9 Å². The lowest BCUT2D eigenvalue weighted by molar-refractivity contribution is -0.137. The zero-order chi connectivity index (χ0) is 27.6. The molecule has 1 saturated carbocycles. The lowest BCUT2D eigenvalue weighted by Gasteiger charge is -2.32. The van der Waals surface area contributed by atoms with E-state index in [4.69, 9.17) is 4.98 Å². The van der Waals surface area contributed by atoms with Crippen LogP contribution in [0.3, 0.4) is 0 Å². The first-order valence-electron chi connectivity index (χ1n) is 13.0. The van der Waals surface area contributed by atoms with E-state index in [9.17, 15) is 18.4 Å². The lowest BCUT2D eigenvalue weighted by atomic mass is 9.80. The van der Waals surface area contributed by atoms with Gasteiger partial charge in [-0.1, -0.05) is 48.9 Å². The van der Waals surface area contributed by atoms with Gasteiger partial charge in [0.15, 0.2) is 11.5 Å². The molecule has 1 atom stereocenters. The molecular weight excluding hydrogens is 503 g/mol. The molecule has 2 heterocycles. The third-order valence-corrected chi connectivity index (χ3v) is 7.33. The van der Waals surface area contributed by atoms with Crippen LogP contribution < -0.4 is 5.32 Å². The zero-order valence-electron chi connectivity index (χ0n) is 21.9. The third-order valence-electron chi connectivity index (χ3n) is 7.33. The number of fused-ring (bicyclic) bond motifs is 1. The summed E-state index contributed by atoms with van der Waals surface area (Å²) < 4.78 is 41.4. The number of aromatic nitrogens is 4. The Labute approximate surface area is 225 Å². The lowest BCUT2D eigenvalue weighted by Crippen LogP contribution is -2.31. The summed E-state index contributed by atoms with van der Waals surface area (Å²) in [5, 5.41) is 13.1. The van der Waals surface area contributed by atoms with Crippen LogP contribution in [-0.4, -0.2) is 37.5 Å². The van der Waals surface area contributed by atoms with E-state index in [2.05, 4.69) is 39.2 Å². The molecule has 2 aromatic carbocycles. The number of hydrogen-bond acceptors (Lipinski definition) is 6. The summed E-state index contributed by atoms with van der Waals surface area (Å²) in [6.45, 7) is 3.54. The highest BCUT2D eigenvalue weighted by molar-refractivity contribution is 5.84. The third kappa shape index (κ3) is 6.04. The summed E-state index contributed by atoms with van der Waals surface area (Å²) in [7, 11) is 1.99. The molecule has 0 saturated heterocycles. The molecule has 0 radical (unpaired) electrons. The average Bonchev–Trinajstić information content (AvgIpc) is 3.19. The van der Waals surface area contributed by atoms with E-state index in [0.717, 1.165) is 30.5 Å². The molecule has 39 heavy (non-hydrogen) atoms. The maximum atomic E-state index is 13.2. The van der Waals surface area contributed by atoms with Gasteiger partial charge in [0.2, 0.25) is 5.82 Å². The number of benzene rings is 2. The number of nitrogens with one attached hydrogen (secondary N) is 1. The standard InChI is InChI=1S/C29H30F3N7/c1-19(22-9-6-10-22)34-27-26-28(36-24(15-33)35-27)37-25(18-38(2)16-20-7-4-3-5-8-20)39(26)17-21-11-13-23(14-12-21)29(30,31)32/h3-5,7-8,11-14,19,22H,6,9-10,16-18H2,1-2H3,(H,34,35,36). The second kappa shape index (κ2) is 11.0. The van der Waals surface area contributed by atoms with Crippen LogP contribution >= 0.6 is 0 Å². The number of nitriles is 1. The number of halogens is 3. The van der Waals surface area contributed by atoms with Crippen LogP contribution in [0, 0.1) is 17.2 Å². The van der Waals surface area contributed by atoms with Crippen molar-refractivity contribution in [3.63, 3.8) is 0 Å². The Kier molecular flexibility index (Phi) is 7.53. The Balaban J connectivity index is 1.55. The largest absolute Gasteiger partial charge is 0.416 e. The van der Waals surface area contributed by atoms with Crippen molar-refractivity contribution in [1.82, 2.24) is 24.4 Å². The Hall–Kier alpha value is -3.97.